The maximum atomic E-state index is 13.1. The lowest BCUT2D eigenvalue weighted by molar-refractivity contribution is 0.102. The lowest BCUT2D eigenvalue weighted by Crippen LogP contribution is -2.35. The fraction of sp³-hybridized carbons (Fsp3) is 0.333. The van der Waals surface area contributed by atoms with E-state index in [4.69, 9.17) is 0 Å². The Labute approximate surface area is 171 Å². The predicted octanol–water partition coefficient (Wildman–Crippen LogP) is 4.57. The summed E-state index contributed by atoms with van der Waals surface area (Å²) in [6, 6.07) is 11.9. The van der Waals surface area contributed by atoms with Gasteiger partial charge in [0.1, 0.15) is 0 Å². The molecule has 1 aliphatic heterocycles. The van der Waals surface area contributed by atoms with Gasteiger partial charge in [-0.25, -0.2) is 4.52 Å². The number of pyridine rings is 1. The van der Waals surface area contributed by atoms with Gasteiger partial charge in [0.2, 0.25) is 0 Å². The van der Waals surface area contributed by atoms with Crippen LogP contribution in [0.4, 0.5) is 11.4 Å². The minimum Gasteiger partial charge on any atom is -0.371 e. The lowest BCUT2D eigenvalue weighted by atomic mass is 9.93. The van der Waals surface area contributed by atoms with Crippen LogP contribution in [0.1, 0.15) is 36.0 Å². The molecular formula is C21H21IN4O. The van der Waals surface area contributed by atoms with Gasteiger partial charge in [-0.2, -0.15) is 5.10 Å². The van der Waals surface area contributed by atoms with Crippen molar-refractivity contribution in [3.63, 3.8) is 0 Å². The topological polar surface area (TPSA) is 49.6 Å². The first-order valence-electron chi connectivity index (χ1n) is 9.42. The van der Waals surface area contributed by atoms with E-state index in [0.29, 0.717) is 5.41 Å². The quantitative estimate of drug-likeness (QED) is 0.569. The monoisotopic (exact) mass is 472 g/mol. The van der Waals surface area contributed by atoms with Crippen molar-refractivity contribution < 1.29 is 4.79 Å². The Morgan fingerprint density at radius 2 is 1.93 bits per heavy atom. The Morgan fingerprint density at radius 3 is 2.70 bits per heavy atom. The molecule has 1 saturated carbocycles. The maximum Gasteiger partial charge on any atom is 0.257 e. The molecule has 1 spiro atoms. The molecule has 0 unspecified atom stereocenters. The first-order chi connectivity index (χ1) is 13.1. The van der Waals surface area contributed by atoms with Crippen molar-refractivity contribution in [2.24, 2.45) is 5.41 Å². The van der Waals surface area contributed by atoms with E-state index >= 15 is 0 Å². The van der Waals surface area contributed by atoms with Crippen LogP contribution in [0.2, 0.25) is 0 Å². The number of fused-ring (bicyclic) bond motifs is 1. The summed E-state index contributed by atoms with van der Waals surface area (Å²) in [4.78, 5) is 15.5. The van der Waals surface area contributed by atoms with Gasteiger partial charge in [0, 0.05) is 22.9 Å². The number of benzene rings is 1. The SMILES string of the molecule is O=C(Nc1cnn2ccccc12)c1ccc(I)cc1N1CCC2(CC1)CC2. The number of aromatic nitrogens is 2. The Hall–Kier alpha value is -2.09. The standard InChI is InChI=1S/C21H21IN4O/c22-15-4-5-16(19(13-15)25-11-8-21(6-7-21)9-12-25)20(27)24-17-14-23-26-10-2-1-3-18(17)26/h1-5,10,13-14H,6-9,11-12H2,(H,24,27). The molecule has 2 aromatic heterocycles. The van der Waals surface area contributed by atoms with Crippen molar-refractivity contribution in [1.82, 2.24) is 9.61 Å². The predicted molar refractivity (Wildman–Crippen MR) is 115 cm³/mol. The van der Waals surface area contributed by atoms with E-state index in [2.05, 4.69) is 44.0 Å². The molecule has 1 aliphatic carbocycles. The van der Waals surface area contributed by atoms with E-state index in [0.717, 1.165) is 39.1 Å². The number of amides is 1. The second-order valence-electron chi connectivity index (χ2n) is 7.69. The third-order valence-corrected chi connectivity index (χ3v) is 6.67. The molecule has 27 heavy (non-hydrogen) atoms. The van der Waals surface area contributed by atoms with Gasteiger partial charge in [0.25, 0.3) is 5.91 Å². The van der Waals surface area contributed by atoms with E-state index in [1.54, 1.807) is 10.7 Å². The van der Waals surface area contributed by atoms with Crippen LogP contribution >= 0.6 is 22.6 Å². The summed E-state index contributed by atoms with van der Waals surface area (Å²) >= 11 is 2.32. The van der Waals surface area contributed by atoms with Gasteiger partial charge in [-0.05, 0) is 84.0 Å². The van der Waals surface area contributed by atoms with Crippen LogP contribution in [0.25, 0.3) is 5.52 Å². The Kier molecular flexibility index (Phi) is 4.11. The average Bonchev–Trinajstić information content (AvgIpc) is 3.32. The van der Waals surface area contributed by atoms with Gasteiger partial charge < -0.3 is 10.2 Å². The highest BCUT2D eigenvalue weighted by atomic mass is 127. The Bertz CT molecular complexity index is 1010. The number of rotatable bonds is 3. The summed E-state index contributed by atoms with van der Waals surface area (Å²) in [5, 5.41) is 7.36. The molecule has 1 amide bonds. The summed E-state index contributed by atoms with van der Waals surface area (Å²) in [5.74, 6) is -0.0770. The molecular weight excluding hydrogens is 451 g/mol. The van der Waals surface area contributed by atoms with E-state index < -0.39 is 0 Å². The molecule has 2 fully saturated rings. The number of hydrogen-bond acceptors (Lipinski definition) is 3. The zero-order valence-electron chi connectivity index (χ0n) is 15.0. The maximum absolute atomic E-state index is 13.1. The van der Waals surface area contributed by atoms with Crippen LogP contribution in [0.15, 0.2) is 48.8 Å². The van der Waals surface area contributed by atoms with Gasteiger partial charge in [-0.15, -0.1) is 0 Å². The molecule has 5 nitrogen and oxygen atoms in total. The molecule has 3 aromatic rings. The number of halogens is 1. The van der Waals surface area contributed by atoms with Crippen molar-refractivity contribution in [3.05, 3.63) is 57.9 Å². The van der Waals surface area contributed by atoms with Crippen LogP contribution in [0.3, 0.4) is 0 Å². The summed E-state index contributed by atoms with van der Waals surface area (Å²) in [5.41, 5.74) is 4.04. The molecule has 1 N–H and O–H groups in total. The largest absolute Gasteiger partial charge is 0.371 e. The molecule has 0 bridgehead atoms. The van der Waals surface area contributed by atoms with Crippen molar-refractivity contribution >= 4 is 45.4 Å². The highest BCUT2D eigenvalue weighted by Crippen LogP contribution is 2.54. The fourth-order valence-corrected chi connectivity index (χ4v) is 4.55. The van der Waals surface area contributed by atoms with Gasteiger partial charge in [-0.3, -0.25) is 4.79 Å². The van der Waals surface area contributed by atoms with Gasteiger partial charge in [-0.1, -0.05) is 6.07 Å². The molecule has 0 radical (unpaired) electrons. The van der Waals surface area contributed by atoms with Crippen molar-refractivity contribution in [1.29, 1.82) is 0 Å². The van der Waals surface area contributed by atoms with Crippen LogP contribution in [0, 0.1) is 8.99 Å². The molecule has 1 aromatic carbocycles. The van der Waals surface area contributed by atoms with Crippen molar-refractivity contribution in [2.75, 3.05) is 23.3 Å². The minimum atomic E-state index is -0.0770. The molecule has 1 saturated heterocycles. The number of anilines is 2. The van der Waals surface area contributed by atoms with Crippen LogP contribution < -0.4 is 10.2 Å². The minimum absolute atomic E-state index is 0.0770. The smallest absolute Gasteiger partial charge is 0.257 e. The van der Waals surface area contributed by atoms with Crippen molar-refractivity contribution in [3.8, 4) is 0 Å². The van der Waals surface area contributed by atoms with Crippen molar-refractivity contribution in [2.45, 2.75) is 25.7 Å². The Morgan fingerprint density at radius 1 is 1.11 bits per heavy atom. The number of carbonyl (C=O) groups is 1. The third-order valence-electron chi connectivity index (χ3n) is 6.00. The normalized spacial score (nSPS) is 18.0. The zero-order valence-corrected chi connectivity index (χ0v) is 17.1. The van der Waals surface area contributed by atoms with E-state index in [1.807, 2.05) is 36.5 Å². The number of hydrogen-bond donors (Lipinski definition) is 1. The van der Waals surface area contributed by atoms with Gasteiger partial charge >= 0.3 is 0 Å². The molecule has 2 aliphatic rings. The van der Waals surface area contributed by atoms with Crippen LogP contribution in [-0.4, -0.2) is 28.6 Å². The third kappa shape index (κ3) is 3.20. The average molecular weight is 472 g/mol. The summed E-state index contributed by atoms with van der Waals surface area (Å²) in [6.07, 6.45) is 8.84. The highest BCUT2D eigenvalue weighted by Gasteiger charge is 2.44. The van der Waals surface area contributed by atoms with Gasteiger partial charge in [0.15, 0.2) is 0 Å². The van der Waals surface area contributed by atoms with Gasteiger partial charge in [0.05, 0.1) is 28.7 Å². The van der Waals surface area contributed by atoms with Crippen LogP contribution in [0.5, 0.6) is 0 Å². The second kappa shape index (κ2) is 6.51. The van der Waals surface area contributed by atoms with E-state index in [1.165, 1.54) is 25.7 Å². The zero-order chi connectivity index (χ0) is 18.4. The summed E-state index contributed by atoms with van der Waals surface area (Å²) in [6.45, 7) is 2.08. The number of nitrogens with zero attached hydrogens (tertiary/aromatic N) is 3. The molecule has 5 rings (SSSR count). The van der Waals surface area contributed by atoms with Crippen LogP contribution in [-0.2, 0) is 0 Å². The number of nitrogens with one attached hydrogen (secondary N) is 1. The lowest BCUT2D eigenvalue weighted by Gasteiger charge is -2.35. The molecule has 138 valence electrons. The van der Waals surface area contributed by atoms with E-state index in [-0.39, 0.29) is 5.91 Å². The first kappa shape index (κ1) is 17.0. The summed E-state index contributed by atoms with van der Waals surface area (Å²) in [7, 11) is 0. The molecule has 6 heteroatoms. The van der Waals surface area contributed by atoms with E-state index in [9.17, 15) is 4.79 Å². The number of piperidine rings is 1. The first-order valence-corrected chi connectivity index (χ1v) is 10.5. The fourth-order valence-electron chi connectivity index (χ4n) is 4.08. The Balaban J connectivity index is 1.43. The number of carbonyl (C=O) groups excluding carboxylic acids is 1. The molecule has 0 atom stereocenters. The molecule has 3 heterocycles. The summed E-state index contributed by atoms with van der Waals surface area (Å²) < 4.78 is 2.92. The second-order valence-corrected chi connectivity index (χ2v) is 8.94. The highest BCUT2D eigenvalue weighted by molar-refractivity contribution is 14.1.